The van der Waals surface area contributed by atoms with Crippen molar-refractivity contribution in [2.45, 2.75) is 5.92 Å². The zero-order valence-corrected chi connectivity index (χ0v) is 9.49. The molecule has 88 valence electrons. The monoisotopic (exact) mass is 229 g/mol. The van der Waals surface area contributed by atoms with E-state index in [1.165, 1.54) is 0 Å². The van der Waals surface area contributed by atoms with Crippen LogP contribution in [0.5, 0.6) is 5.75 Å². The fraction of sp³-hybridized carbons (Fsp3) is 0.231. The fourth-order valence-electron chi connectivity index (χ4n) is 1.55. The zero-order chi connectivity index (χ0) is 11.9. The van der Waals surface area contributed by atoms with Crippen molar-refractivity contribution >= 4 is 0 Å². The molecule has 2 aromatic rings. The summed E-state index contributed by atoms with van der Waals surface area (Å²) in [6.45, 7) is 1.07. The lowest BCUT2D eigenvalue weighted by Crippen LogP contribution is -2.19. The third-order valence-corrected chi connectivity index (χ3v) is 2.53. The minimum absolute atomic E-state index is 0.156. The van der Waals surface area contributed by atoms with Crippen molar-refractivity contribution in [2.75, 3.05) is 13.2 Å². The molecule has 0 spiro atoms. The Bertz CT molecular complexity index is 433. The Morgan fingerprint density at radius 2 is 1.88 bits per heavy atom. The summed E-state index contributed by atoms with van der Waals surface area (Å²) in [6, 6.07) is 7.64. The van der Waals surface area contributed by atoms with E-state index in [9.17, 15) is 0 Å². The van der Waals surface area contributed by atoms with E-state index in [1.807, 2.05) is 30.5 Å². The fourth-order valence-corrected chi connectivity index (χ4v) is 1.55. The van der Waals surface area contributed by atoms with E-state index in [0.717, 1.165) is 11.3 Å². The molecule has 4 heteroatoms. The van der Waals surface area contributed by atoms with Crippen LogP contribution in [0.2, 0.25) is 0 Å². The number of nitrogens with two attached hydrogens (primary N) is 1. The second kappa shape index (κ2) is 5.96. The number of rotatable bonds is 5. The minimum Gasteiger partial charge on any atom is -0.491 e. The number of hydrogen-bond acceptors (Lipinski definition) is 4. The van der Waals surface area contributed by atoms with E-state index in [1.54, 1.807) is 18.6 Å². The van der Waals surface area contributed by atoms with E-state index in [-0.39, 0.29) is 5.92 Å². The molecular formula is C13H15N3O. The lowest BCUT2D eigenvalue weighted by Gasteiger charge is -2.15. The first-order valence-electron chi connectivity index (χ1n) is 5.53. The smallest absolute Gasteiger partial charge is 0.137 e. The molecule has 0 amide bonds. The van der Waals surface area contributed by atoms with Crippen LogP contribution in [0.3, 0.4) is 0 Å². The van der Waals surface area contributed by atoms with Crippen molar-refractivity contribution in [1.29, 1.82) is 0 Å². The van der Waals surface area contributed by atoms with Gasteiger partial charge in [-0.3, -0.25) is 9.97 Å². The van der Waals surface area contributed by atoms with Crippen molar-refractivity contribution < 1.29 is 4.74 Å². The third kappa shape index (κ3) is 3.26. The second-order valence-corrected chi connectivity index (χ2v) is 3.72. The zero-order valence-electron chi connectivity index (χ0n) is 9.49. The normalized spacial score (nSPS) is 12.1. The van der Waals surface area contributed by atoms with Gasteiger partial charge in [0.15, 0.2) is 0 Å². The van der Waals surface area contributed by atoms with Gasteiger partial charge in [-0.25, -0.2) is 0 Å². The van der Waals surface area contributed by atoms with Gasteiger partial charge in [-0.1, -0.05) is 6.07 Å². The predicted octanol–water partition coefficient (Wildman–Crippen LogP) is 1.60. The summed E-state index contributed by atoms with van der Waals surface area (Å²) in [6.07, 6.45) is 6.98. The molecule has 0 saturated carbocycles. The van der Waals surface area contributed by atoms with Crippen LogP contribution in [0.4, 0.5) is 0 Å². The summed E-state index contributed by atoms with van der Waals surface area (Å²) in [7, 11) is 0. The van der Waals surface area contributed by atoms with Crippen LogP contribution < -0.4 is 10.5 Å². The van der Waals surface area contributed by atoms with Crippen molar-refractivity contribution in [2.24, 2.45) is 5.73 Å². The number of nitrogens with zero attached hydrogens (tertiary/aromatic N) is 2. The number of ether oxygens (including phenoxy) is 1. The van der Waals surface area contributed by atoms with Gasteiger partial charge in [-0.15, -0.1) is 0 Å². The van der Waals surface area contributed by atoms with E-state index in [2.05, 4.69) is 9.97 Å². The quantitative estimate of drug-likeness (QED) is 0.846. The average Bonchev–Trinajstić information content (AvgIpc) is 2.42. The van der Waals surface area contributed by atoms with Crippen LogP contribution in [0.25, 0.3) is 0 Å². The van der Waals surface area contributed by atoms with E-state index in [0.29, 0.717) is 13.2 Å². The highest BCUT2D eigenvalue weighted by Gasteiger charge is 2.10. The van der Waals surface area contributed by atoms with Gasteiger partial charge in [-0.2, -0.15) is 0 Å². The molecule has 2 heterocycles. The largest absolute Gasteiger partial charge is 0.491 e. The van der Waals surface area contributed by atoms with Crippen LogP contribution in [0.1, 0.15) is 11.5 Å². The Kier molecular flexibility index (Phi) is 4.05. The topological polar surface area (TPSA) is 61.0 Å². The molecule has 0 saturated heterocycles. The van der Waals surface area contributed by atoms with Gasteiger partial charge in [0.2, 0.25) is 0 Å². The Morgan fingerprint density at radius 1 is 1.12 bits per heavy atom. The molecule has 0 aliphatic heterocycles. The molecule has 1 unspecified atom stereocenters. The summed E-state index contributed by atoms with van der Waals surface area (Å²) in [4.78, 5) is 8.08. The maximum Gasteiger partial charge on any atom is 0.137 e. The average molecular weight is 229 g/mol. The van der Waals surface area contributed by atoms with Gasteiger partial charge >= 0.3 is 0 Å². The lowest BCUT2D eigenvalue weighted by atomic mass is 10.0. The van der Waals surface area contributed by atoms with Gasteiger partial charge in [-0.05, 0) is 23.8 Å². The molecule has 0 aliphatic carbocycles. The molecule has 2 rings (SSSR count). The molecule has 2 N–H and O–H groups in total. The highest BCUT2D eigenvalue weighted by Crippen LogP contribution is 2.15. The van der Waals surface area contributed by atoms with Gasteiger partial charge in [0.25, 0.3) is 0 Å². The molecular weight excluding hydrogens is 214 g/mol. The van der Waals surface area contributed by atoms with Crippen molar-refractivity contribution in [3.63, 3.8) is 0 Å². The Balaban J connectivity index is 1.97. The van der Waals surface area contributed by atoms with E-state index in [4.69, 9.17) is 10.5 Å². The lowest BCUT2D eigenvalue weighted by molar-refractivity contribution is 0.289. The van der Waals surface area contributed by atoms with Gasteiger partial charge in [0, 0.05) is 31.1 Å². The maximum atomic E-state index is 5.75. The van der Waals surface area contributed by atoms with Crippen molar-refractivity contribution in [3.05, 3.63) is 54.6 Å². The van der Waals surface area contributed by atoms with Crippen molar-refractivity contribution in [1.82, 2.24) is 9.97 Å². The number of hydrogen-bond donors (Lipinski definition) is 1. The van der Waals surface area contributed by atoms with Crippen LogP contribution in [0.15, 0.2) is 49.1 Å². The predicted molar refractivity (Wildman–Crippen MR) is 65.8 cm³/mol. The summed E-state index contributed by atoms with van der Waals surface area (Å²) in [5.74, 6) is 0.916. The summed E-state index contributed by atoms with van der Waals surface area (Å²) >= 11 is 0. The molecule has 0 radical (unpaired) electrons. The van der Waals surface area contributed by atoms with Crippen LogP contribution in [-0.2, 0) is 0 Å². The van der Waals surface area contributed by atoms with E-state index < -0.39 is 0 Å². The standard InChI is InChI=1S/C13H15N3O/c14-7-12(11-3-1-5-15-8-11)10-17-13-4-2-6-16-9-13/h1-6,8-9,12H,7,10,14H2. The minimum atomic E-state index is 0.156. The SMILES string of the molecule is NCC(COc1cccnc1)c1cccnc1. The highest BCUT2D eigenvalue weighted by molar-refractivity contribution is 5.18. The van der Waals surface area contributed by atoms with Crippen LogP contribution in [0, 0.1) is 0 Å². The molecule has 2 aromatic heterocycles. The van der Waals surface area contributed by atoms with Gasteiger partial charge in [0.05, 0.1) is 12.8 Å². The third-order valence-electron chi connectivity index (χ3n) is 2.53. The Labute approximate surface area is 100 Å². The molecule has 0 bridgehead atoms. The Morgan fingerprint density at radius 3 is 2.47 bits per heavy atom. The van der Waals surface area contributed by atoms with Crippen LogP contribution >= 0.6 is 0 Å². The second-order valence-electron chi connectivity index (χ2n) is 3.72. The number of aromatic nitrogens is 2. The molecule has 0 aliphatic rings. The van der Waals surface area contributed by atoms with Crippen molar-refractivity contribution in [3.8, 4) is 5.75 Å². The maximum absolute atomic E-state index is 5.75. The molecule has 1 atom stereocenters. The summed E-state index contributed by atoms with van der Waals surface area (Å²) in [5.41, 5.74) is 6.84. The first-order chi connectivity index (χ1) is 8.40. The number of pyridine rings is 2. The van der Waals surface area contributed by atoms with Gasteiger partial charge < -0.3 is 10.5 Å². The highest BCUT2D eigenvalue weighted by atomic mass is 16.5. The van der Waals surface area contributed by atoms with E-state index >= 15 is 0 Å². The molecule has 0 aromatic carbocycles. The summed E-state index contributed by atoms with van der Waals surface area (Å²) < 4.78 is 5.64. The molecule has 4 nitrogen and oxygen atoms in total. The molecule has 17 heavy (non-hydrogen) atoms. The molecule has 0 fully saturated rings. The first kappa shape index (κ1) is 11.5. The van der Waals surface area contributed by atoms with Gasteiger partial charge in [0.1, 0.15) is 5.75 Å². The summed E-state index contributed by atoms with van der Waals surface area (Å²) in [5, 5.41) is 0. The Hall–Kier alpha value is -1.94. The first-order valence-corrected chi connectivity index (χ1v) is 5.53. The van der Waals surface area contributed by atoms with Crippen LogP contribution in [-0.4, -0.2) is 23.1 Å².